The van der Waals surface area contributed by atoms with Crippen LogP contribution in [-0.4, -0.2) is 87.4 Å². The van der Waals surface area contributed by atoms with E-state index in [1.807, 2.05) is 21.1 Å². The summed E-state index contributed by atoms with van der Waals surface area (Å²) in [5, 5.41) is 9.76. The van der Waals surface area contributed by atoms with Gasteiger partial charge in [0.15, 0.2) is 6.10 Å². The quantitative estimate of drug-likeness (QED) is 0.0211. The van der Waals surface area contributed by atoms with Gasteiger partial charge in [0.05, 0.1) is 34.4 Å². The minimum absolute atomic E-state index is 0.172. The third-order valence-corrected chi connectivity index (χ3v) is 15.0. The molecule has 0 aliphatic heterocycles. The number of hydrogen-bond donors (Lipinski definition) is 1. The number of unbranched alkanes of at least 4 members (excludes halogenated alkanes) is 17. The molecule has 0 fully saturated rings. The number of carbonyl (C=O) groups is 3. The van der Waals surface area contributed by atoms with E-state index in [1.54, 1.807) is 0 Å². The number of hydrogen-bond acceptors (Lipinski definition) is 7. The topological polar surface area (TPSA) is 108 Å². The zero-order chi connectivity index (χ0) is 69.0. The van der Waals surface area contributed by atoms with Crippen LogP contribution >= 0.6 is 0 Å². The number of carboxylic acids is 1. The van der Waals surface area contributed by atoms with Crippen molar-refractivity contribution >= 4 is 17.9 Å². The molecule has 0 aliphatic rings. The maximum atomic E-state index is 13.0. The van der Waals surface area contributed by atoms with Crippen molar-refractivity contribution in [2.45, 2.75) is 270 Å². The highest BCUT2D eigenvalue weighted by Crippen LogP contribution is 2.15. The molecular weight excluding hydrogens is 1170 g/mol. The Morgan fingerprint density at radius 3 is 0.842 bits per heavy atom. The van der Waals surface area contributed by atoms with Crippen molar-refractivity contribution in [3.05, 3.63) is 207 Å². The molecule has 0 radical (unpaired) electrons. The number of allylic oxidation sites excluding steroid dienone is 34. The number of carboxylic acid groups (broad SMARTS) is 1. The van der Waals surface area contributed by atoms with E-state index in [2.05, 4.69) is 220 Å². The predicted molar refractivity (Wildman–Crippen MR) is 409 cm³/mol. The van der Waals surface area contributed by atoms with E-state index in [1.165, 1.54) is 64.2 Å². The molecule has 9 heteroatoms. The number of ether oxygens (including phenoxy) is 4. The molecule has 0 bridgehead atoms. The van der Waals surface area contributed by atoms with Gasteiger partial charge < -0.3 is 28.5 Å². The van der Waals surface area contributed by atoms with Crippen molar-refractivity contribution < 1.29 is 42.9 Å². The van der Waals surface area contributed by atoms with Gasteiger partial charge in [-0.05, 0) is 148 Å². The molecule has 0 rings (SSSR count). The van der Waals surface area contributed by atoms with Crippen LogP contribution in [0, 0.1) is 0 Å². The Balaban J connectivity index is 4.21. The van der Waals surface area contributed by atoms with Crippen LogP contribution in [0.4, 0.5) is 0 Å². The summed E-state index contributed by atoms with van der Waals surface area (Å²) in [4.78, 5) is 37.7. The maximum absolute atomic E-state index is 13.0. The SMILES string of the molecule is CC/C=C\C/C=C\C/C=C\C/C=C\C/C=C\C/C=C\C/C=C\C/C=C\C/C=C\CCCCCCCC(=O)OC(COC(=O)CCCCCCCCCCCCCC/C=C\C/C=C\C/C=C\C/C=C\C/C=C\C/C=C\C/C=C\C/C=C\CC)COC(OCC[N+](C)(C)C)C(=O)O. The fourth-order valence-electron chi connectivity index (χ4n) is 9.43. The zero-order valence-electron chi connectivity index (χ0n) is 60.7. The van der Waals surface area contributed by atoms with Gasteiger partial charge in [-0.2, -0.15) is 0 Å². The molecule has 0 saturated heterocycles. The third kappa shape index (κ3) is 75.1. The van der Waals surface area contributed by atoms with Crippen LogP contribution in [0.25, 0.3) is 0 Å². The lowest BCUT2D eigenvalue weighted by molar-refractivity contribution is -0.870. The van der Waals surface area contributed by atoms with Crippen LogP contribution in [0.3, 0.4) is 0 Å². The fourth-order valence-corrected chi connectivity index (χ4v) is 9.43. The summed E-state index contributed by atoms with van der Waals surface area (Å²) in [5.74, 6) is -2.05. The summed E-state index contributed by atoms with van der Waals surface area (Å²) in [7, 11) is 5.96. The molecule has 1 N–H and O–H groups in total. The molecular formula is C86H136NO8+. The summed E-state index contributed by atoms with van der Waals surface area (Å²) < 4.78 is 23.0. The largest absolute Gasteiger partial charge is 0.477 e. The van der Waals surface area contributed by atoms with Crippen molar-refractivity contribution in [3.63, 3.8) is 0 Å². The molecule has 2 atom stereocenters. The number of rotatable bonds is 66. The van der Waals surface area contributed by atoms with Crippen LogP contribution in [0.1, 0.15) is 258 Å². The van der Waals surface area contributed by atoms with Gasteiger partial charge in [-0.15, -0.1) is 0 Å². The first-order valence-corrected chi connectivity index (χ1v) is 37.2. The second kappa shape index (κ2) is 73.7. The van der Waals surface area contributed by atoms with E-state index in [4.69, 9.17) is 18.9 Å². The van der Waals surface area contributed by atoms with Gasteiger partial charge >= 0.3 is 17.9 Å². The van der Waals surface area contributed by atoms with Crippen LogP contribution in [0.15, 0.2) is 207 Å². The third-order valence-electron chi connectivity index (χ3n) is 15.0. The molecule has 0 heterocycles. The van der Waals surface area contributed by atoms with Crippen LogP contribution < -0.4 is 0 Å². The highest BCUT2D eigenvalue weighted by atomic mass is 16.7. The van der Waals surface area contributed by atoms with Gasteiger partial charge in [0.1, 0.15) is 13.2 Å². The minimum atomic E-state index is -1.53. The fraction of sp³-hybridized carbons (Fsp3) is 0.570. The lowest BCUT2D eigenvalue weighted by Crippen LogP contribution is -2.40. The molecule has 2 unspecified atom stereocenters. The highest BCUT2D eigenvalue weighted by Gasteiger charge is 2.25. The number of aliphatic carboxylic acids is 1. The molecule has 0 aromatic rings. The Labute approximate surface area is 582 Å². The Hall–Kier alpha value is -6.13. The second-order valence-electron chi connectivity index (χ2n) is 25.1. The summed E-state index contributed by atoms with van der Waals surface area (Å²) >= 11 is 0. The number of esters is 2. The first-order chi connectivity index (χ1) is 46.6. The Morgan fingerprint density at radius 2 is 0.568 bits per heavy atom. The number of carbonyl (C=O) groups excluding carboxylic acids is 2. The summed E-state index contributed by atoms with van der Waals surface area (Å²) in [5.41, 5.74) is 0. The van der Waals surface area contributed by atoms with Crippen molar-refractivity contribution in [1.82, 2.24) is 0 Å². The average Bonchev–Trinajstić information content (AvgIpc) is 3.75. The standard InChI is InChI=1S/C86H135NO8/c1-6-8-10-12-14-16-18-20-22-24-26-28-30-32-34-36-38-40-41-42-43-45-46-48-50-52-54-56-58-60-62-64-66-68-70-72-74-76-83(88)93-80-82(81-94-86(85(90)91)92-79-78-87(3,4)5)95-84(89)77-75-73-71-69-67-65-63-61-59-57-55-53-51-49-47-44-39-37-35-33-31-29-27-25-23-21-19-17-15-13-11-9-7-2/h8-11,14-17,20-23,26-29,32-35,38-40,42-44,46,48-49,51,55,57,61,63,82,86H,6-7,12-13,18-19,24-25,30-31,36-37,41,45,47,50,52-54,56,58-60,62,64-81H2,1-5H3/p+1/b10-8-,11-9-,16-14-,17-15-,22-20-,23-21-,28-26-,29-27-,34-32-,35-33-,40-38-,43-42-,44-39-,48-46-,51-49-,57-55-,63-61-. The molecule has 0 amide bonds. The normalized spacial score (nSPS) is 13.9. The Bertz CT molecular complexity index is 2320. The number of nitrogens with zero attached hydrogens (tertiary/aromatic N) is 1. The molecule has 0 aromatic carbocycles. The first-order valence-electron chi connectivity index (χ1n) is 37.2. The van der Waals surface area contributed by atoms with Crippen molar-refractivity contribution in [1.29, 1.82) is 0 Å². The first kappa shape index (κ1) is 88.9. The van der Waals surface area contributed by atoms with E-state index in [0.717, 1.165) is 161 Å². The van der Waals surface area contributed by atoms with Gasteiger partial charge in [-0.1, -0.05) is 304 Å². The van der Waals surface area contributed by atoms with E-state index in [9.17, 15) is 19.5 Å². The lowest BCUT2D eigenvalue weighted by atomic mass is 10.0. The van der Waals surface area contributed by atoms with Crippen LogP contribution in [0.5, 0.6) is 0 Å². The highest BCUT2D eigenvalue weighted by molar-refractivity contribution is 5.71. The number of quaternary nitrogens is 1. The van der Waals surface area contributed by atoms with Crippen molar-refractivity contribution in [2.75, 3.05) is 47.5 Å². The van der Waals surface area contributed by atoms with Crippen LogP contribution in [0.2, 0.25) is 0 Å². The molecule has 0 spiro atoms. The number of likely N-dealkylation sites (N-methyl/N-ethyl adjacent to an activating group) is 1. The predicted octanol–water partition coefficient (Wildman–Crippen LogP) is 23.9. The Kier molecular flexibility index (Phi) is 68.9. The van der Waals surface area contributed by atoms with Crippen LogP contribution in [-0.2, 0) is 33.3 Å². The zero-order valence-corrected chi connectivity index (χ0v) is 60.7. The molecule has 95 heavy (non-hydrogen) atoms. The average molecular weight is 1310 g/mol. The molecule has 9 nitrogen and oxygen atoms in total. The van der Waals surface area contributed by atoms with E-state index >= 15 is 0 Å². The second-order valence-corrected chi connectivity index (χ2v) is 25.1. The molecule has 532 valence electrons. The molecule has 0 saturated carbocycles. The molecule has 0 aromatic heterocycles. The van der Waals surface area contributed by atoms with Gasteiger partial charge in [-0.3, -0.25) is 9.59 Å². The van der Waals surface area contributed by atoms with E-state index < -0.39 is 24.3 Å². The lowest BCUT2D eigenvalue weighted by Gasteiger charge is -2.25. The van der Waals surface area contributed by atoms with Crippen molar-refractivity contribution in [2.24, 2.45) is 0 Å². The van der Waals surface area contributed by atoms with Crippen molar-refractivity contribution in [3.8, 4) is 0 Å². The Morgan fingerprint density at radius 1 is 0.316 bits per heavy atom. The summed E-state index contributed by atoms with van der Waals surface area (Å²) in [6, 6.07) is 0. The molecule has 0 aliphatic carbocycles. The summed E-state index contributed by atoms with van der Waals surface area (Å²) in [6.07, 6.45) is 112. The van der Waals surface area contributed by atoms with E-state index in [-0.39, 0.29) is 38.6 Å². The van der Waals surface area contributed by atoms with E-state index in [0.29, 0.717) is 17.4 Å². The van der Waals surface area contributed by atoms with Gasteiger partial charge in [0.25, 0.3) is 6.29 Å². The smallest absolute Gasteiger partial charge is 0.361 e. The minimum Gasteiger partial charge on any atom is -0.477 e. The summed E-state index contributed by atoms with van der Waals surface area (Å²) in [6.45, 7) is 4.60. The van der Waals surface area contributed by atoms with Gasteiger partial charge in [0, 0.05) is 12.8 Å². The maximum Gasteiger partial charge on any atom is 0.361 e. The van der Waals surface area contributed by atoms with Gasteiger partial charge in [0.2, 0.25) is 0 Å². The monoisotopic (exact) mass is 1310 g/mol. The van der Waals surface area contributed by atoms with Gasteiger partial charge in [-0.25, -0.2) is 4.79 Å².